The van der Waals surface area contributed by atoms with Crippen molar-refractivity contribution in [2.75, 3.05) is 20.7 Å². The summed E-state index contributed by atoms with van der Waals surface area (Å²) in [5.74, 6) is -0.228. The number of hydrogen-bond donors (Lipinski definition) is 0. The van der Waals surface area contributed by atoms with E-state index in [0.29, 0.717) is 13.0 Å². The molecule has 0 aromatic heterocycles. The Morgan fingerprint density at radius 3 is 2.57 bits per heavy atom. The summed E-state index contributed by atoms with van der Waals surface area (Å²) in [6, 6.07) is 2.27. The van der Waals surface area contributed by atoms with Crippen molar-refractivity contribution in [2.45, 2.75) is 26.3 Å². The largest absolute Gasteiger partial charge is 0.469 e. The highest BCUT2D eigenvalue weighted by Crippen LogP contribution is 2.05. The maximum atomic E-state index is 11.0. The fourth-order valence-corrected chi connectivity index (χ4v) is 1.13. The molecule has 0 heterocycles. The molecule has 0 aromatic rings. The second-order valence-corrected chi connectivity index (χ2v) is 3.60. The predicted molar refractivity (Wildman–Crippen MR) is 53.5 cm³/mol. The first-order valence-corrected chi connectivity index (χ1v) is 4.68. The number of nitrogens with zero attached hydrogens (tertiary/aromatic N) is 2. The summed E-state index contributed by atoms with van der Waals surface area (Å²) in [4.78, 5) is 13.0. The molecule has 4 heteroatoms. The number of hydrogen-bond acceptors (Lipinski definition) is 4. The standard InChI is InChI=1S/C10H18N2O2/c1-8(6-11)7-12(3)9(2)5-10(13)14-4/h8-9H,5,7H2,1-4H3. The van der Waals surface area contributed by atoms with Crippen molar-refractivity contribution < 1.29 is 9.53 Å². The molecule has 0 aliphatic carbocycles. The molecule has 2 unspecified atom stereocenters. The summed E-state index contributed by atoms with van der Waals surface area (Å²) >= 11 is 0. The van der Waals surface area contributed by atoms with E-state index in [1.165, 1.54) is 7.11 Å². The number of carbonyl (C=O) groups excluding carboxylic acids is 1. The van der Waals surface area contributed by atoms with E-state index in [0.717, 1.165) is 0 Å². The van der Waals surface area contributed by atoms with Gasteiger partial charge in [-0.3, -0.25) is 4.79 Å². The molecule has 0 bridgehead atoms. The number of ether oxygens (including phenoxy) is 1. The molecule has 0 aliphatic rings. The van der Waals surface area contributed by atoms with E-state index in [1.807, 2.05) is 25.8 Å². The minimum absolute atomic E-state index is 0.0138. The van der Waals surface area contributed by atoms with Crippen LogP contribution in [0.15, 0.2) is 0 Å². The highest BCUT2D eigenvalue weighted by molar-refractivity contribution is 5.69. The smallest absolute Gasteiger partial charge is 0.307 e. The number of carbonyl (C=O) groups is 1. The van der Waals surface area contributed by atoms with E-state index in [9.17, 15) is 4.79 Å². The lowest BCUT2D eigenvalue weighted by molar-refractivity contribution is -0.141. The molecule has 0 aromatic carbocycles. The van der Waals surface area contributed by atoms with Crippen LogP contribution in [0.5, 0.6) is 0 Å². The third kappa shape index (κ3) is 4.83. The molecule has 0 amide bonds. The molecular weight excluding hydrogens is 180 g/mol. The zero-order valence-corrected chi connectivity index (χ0v) is 9.28. The first kappa shape index (κ1) is 12.9. The van der Waals surface area contributed by atoms with E-state index in [2.05, 4.69) is 10.8 Å². The fourth-order valence-electron chi connectivity index (χ4n) is 1.13. The van der Waals surface area contributed by atoms with Gasteiger partial charge in [-0.05, 0) is 20.9 Å². The van der Waals surface area contributed by atoms with Crippen LogP contribution in [0.25, 0.3) is 0 Å². The van der Waals surface area contributed by atoms with E-state index in [1.54, 1.807) is 0 Å². The molecule has 80 valence electrons. The summed E-state index contributed by atoms with van der Waals surface area (Å²) in [6.07, 6.45) is 0.366. The molecule has 4 nitrogen and oxygen atoms in total. The predicted octanol–water partition coefficient (Wildman–Crippen LogP) is 1.03. The molecule has 0 fully saturated rings. The van der Waals surface area contributed by atoms with Crippen molar-refractivity contribution >= 4 is 5.97 Å². The third-order valence-corrected chi connectivity index (χ3v) is 2.22. The zero-order valence-electron chi connectivity index (χ0n) is 9.28. The van der Waals surface area contributed by atoms with Gasteiger partial charge in [0.2, 0.25) is 0 Å². The Hall–Kier alpha value is -1.08. The summed E-state index contributed by atoms with van der Waals surface area (Å²) in [7, 11) is 3.29. The second-order valence-electron chi connectivity index (χ2n) is 3.60. The Morgan fingerprint density at radius 2 is 2.14 bits per heavy atom. The van der Waals surface area contributed by atoms with Gasteiger partial charge in [-0.1, -0.05) is 0 Å². The van der Waals surface area contributed by atoms with E-state index < -0.39 is 0 Å². The quantitative estimate of drug-likeness (QED) is 0.619. The van der Waals surface area contributed by atoms with Crippen LogP contribution in [0.3, 0.4) is 0 Å². The second kappa shape index (κ2) is 6.39. The molecule has 0 saturated carbocycles. The van der Waals surface area contributed by atoms with Gasteiger partial charge >= 0.3 is 5.97 Å². The highest BCUT2D eigenvalue weighted by atomic mass is 16.5. The topological polar surface area (TPSA) is 53.3 Å². The van der Waals surface area contributed by atoms with Gasteiger partial charge in [-0.2, -0.15) is 5.26 Å². The average Bonchev–Trinajstić information content (AvgIpc) is 2.17. The van der Waals surface area contributed by atoms with Crippen molar-refractivity contribution in [1.82, 2.24) is 4.90 Å². The molecule has 0 radical (unpaired) electrons. The third-order valence-electron chi connectivity index (χ3n) is 2.22. The van der Waals surface area contributed by atoms with Crippen molar-refractivity contribution in [2.24, 2.45) is 5.92 Å². The minimum Gasteiger partial charge on any atom is -0.469 e. The Kier molecular flexibility index (Phi) is 5.89. The molecule has 0 aliphatic heterocycles. The SMILES string of the molecule is COC(=O)CC(C)N(C)CC(C)C#N. The Labute approximate surface area is 85.5 Å². The van der Waals surface area contributed by atoms with Crippen LogP contribution in [-0.2, 0) is 9.53 Å². The summed E-state index contributed by atoms with van der Waals surface area (Å²) < 4.78 is 4.57. The Morgan fingerprint density at radius 1 is 1.57 bits per heavy atom. The molecule has 0 spiro atoms. The number of nitriles is 1. The maximum absolute atomic E-state index is 11.0. The molecule has 0 rings (SSSR count). The summed E-state index contributed by atoms with van der Waals surface area (Å²) in [5, 5.41) is 8.63. The van der Waals surface area contributed by atoms with Gasteiger partial charge in [0.25, 0.3) is 0 Å². The normalized spacial score (nSPS) is 14.6. The lowest BCUT2D eigenvalue weighted by Crippen LogP contribution is -2.34. The van der Waals surface area contributed by atoms with E-state index >= 15 is 0 Å². The van der Waals surface area contributed by atoms with Crippen LogP contribution < -0.4 is 0 Å². The highest BCUT2D eigenvalue weighted by Gasteiger charge is 2.15. The first-order valence-electron chi connectivity index (χ1n) is 4.68. The van der Waals surface area contributed by atoms with Gasteiger partial charge in [-0.25, -0.2) is 0 Å². The summed E-state index contributed by atoms with van der Waals surface area (Å²) in [6.45, 7) is 4.48. The summed E-state index contributed by atoms with van der Waals surface area (Å²) in [5.41, 5.74) is 0. The Bertz CT molecular complexity index is 223. The number of rotatable bonds is 5. The van der Waals surface area contributed by atoms with Gasteiger partial charge in [0.05, 0.1) is 25.5 Å². The first-order chi connectivity index (χ1) is 6.51. The van der Waals surface area contributed by atoms with Gasteiger partial charge in [-0.15, -0.1) is 0 Å². The van der Waals surface area contributed by atoms with E-state index in [4.69, 9.17) is 5.26 Å². The lowest BCUT2D eigenvalue weighted by Gasteiger charge is -2.24. The van der Waals surface area contributed by atoms with Crippen LogP contribution in [-0.4, -0.2) is 37.6 Å². The van der Waals surface area contributed by atoms with Gasteiger partial charge < -0.3 is 9.64 Å². The molecule has 0 saturated heterocycles. The fraction of sp³-hybridized carbons (Fsp3) is 0.800. The lowest BCUT2D eigenvalue weighted by atomic mass is 10.1. The van der Waals surface area contributed by atoms with Crippen LogP contribution in [0.4, 0.5) is 0 Å². The Balaban J connectivity index is 3.94. The van der Waals surface area contributed by atoms with Gasteiger partial charge in [0.1, 0.15) is 0 Å². The molecule has 0 N–H and O–H groups in total. The van der Waals surface area contributed by atoms with Crippen molar-refractivity contribution in [3.05, 3.63) is 0 Å². The molecule has 2 atom stereocenters. The van der Waals surface area contributed by atoms with Crippen LogP contribution >= 0.6 is 0 Å². The minimum atomic E-state index is -0.214. The van der Waals surface area contributed by atoms with E-state index in [-0.39, 0.29) is 17.9 Å². The average molecular weight is 198 g/mol. The molecular formula is C10H18N2O2. The number of methoxy groups -OCH3 is 1. The van der Waals surface area contributed by atoms with Gasteiger partial charge in [0, 0.05) is 12.6 Å². The van der Waals surface area contributed by atoms with Gasteiger partial charge in [0.15, 0.2) is 0 Å². The monoisotopic (exact) mass is 198 g/mol. The van der Waals surface area contributed by atoms with Crippen molar-refractivity contribution in [3.63, 3.8) is 0 Å². The molecule has 14 heavy (non-hydrogen) atoms. The van der Waals surface area contributed by atoms with Crippen LogP contribution in [0, 0.1) is 17.2 Å². The van der Waals surface area contributed by atoms with Crippen molar-refractivity contribution in [1.29, 1.82) is 5.26 Å². The van der Waals surface area contributed by atoms with Crippen LogP contribution in [0.1, 0.15) is 20.3 Å². The number of esters is 1. The zero-order chi connectivity index (χ0) is 11.1. The van der Waals surface area contributed by atoms with Crippen molar-refractivity contribution in [3.8, 4) is 6.07 Å². The van der Waals surface area contributed by atoms with Crippen LogP contribution in [0.2, 0.25) is 0 Å². The maximum Gasteiger partial charge on any atom is 0.307 e.